The topological polar surface area (TPSA) is 71.9 Å². The minimum absolute atomic E-state index is 0.164. The van der Waals surface area contributed by atoms with Gasteiger partial charge >= 0.3 is 0 Å². The normalized spacial score (nSPS) is 16.2. The summed E-state index contributed by atoms with van der Waals surface area (Å²) < 4.78 is 0. The molecule has 134 valence electrons. The van der Waals surface area contributed by atoms with E-state index >= 15 is 0 Å². The Bertz CT molecular complexity index is 946. The van der Waals surface area contributed by atoms with E-state index in [2.05, 4.69) is 32.1 Å². The summed E-state index contributed by atoms with van der Waals surface area (Å²) in [6, 6.07) is 4.03. The van der Waals surface area contributed by atoms with Gasteiger partial charge in [-0.15, -0.1) is 10.2 Å². The number of hydrogen-bond donors (Lipinski definition) is 0. The monoisotopic (exact) mass is 367 g/mol. The van der Waals surface area contributed by atoms with Gasteiger partial charge in [-0.1, -0.05) is 11.3 Å². The number of carbonyl (C=O) groups excluding carboxylic acids is 1. The molecule has 1 aliphatic rings. The summed E-state index contributed by atoms with van der Waals surface area (Å²) in [6.45, 7) is 3.93. The lowest BCUT2D eigenvalue weighted by Gasteiger charge is -2.27. The third-order valence-electron chi connectivity index (χ3n) is 4.93. The molecule has 0 spiro atoms. The number of aromatic nitrogens is 4. The highest BCUT2D eigenvalue weighted by molar-refractivity contribution is 7.14. The Morgan fingerprint density at radius 2 is 2.00 bits per heavy atom. The lowest BCUT2D eigenvalue weighted by molar-refractivity contribution is -0.123. The largest absolute Gasteiger partial charge is 0.306 e. The molecule has 0 radical (unpaired) electrons. The fourth-order valence-corrected chi connectivity index (χ4v) is 4.03. The van der Waals surface area contributed by atoms with Gasteiger partial charge in [0.05, 0.1) is 11.7 Å². The van der Waals surface area contributed by atoms with Gasteiger partial charge < -0.3 is 4.90 Å². The molecule has 0 amide bonds. The molecule has 4 heterocycles. The van der Waals surface area contributed by atoms with Crippen molar-refractivity contribution >= 4 is 28.0 Å². The zero-order chi connectivity index (χ0) is 18.1. The van der Waals surface area contributed by atoms with Crippen LogP contribution in [0.2, 0.25) is 0 Å². The number of nitrogens with zero attached hydrogens (tertiary/aromatic N) is 5. The number of rotatable bonds is 4. The van der Waals surface area contributed by atoms with Gasteiger partial charge in [0.25, 0.3) is 0 Å². The first-order valence-electron chi connectivity index (χ1n) is 8.85. The molecular formula is C19H21N5OS. The molecule has 6 nitrogen and oxygen atoms in total. The van der Waals surface area contributed by atoms with Gasteiger partial charge in [0.1, 0.15) is 15.8 Å². The third kappa shape index (κ3) is 3.64. The van der Waals surface area contributed by atoms with Gasteiger partial charge in [-0.2, -0.15) is 0 Å². The highest BCUT2D eigenvalue weighted by Gasteiger charge is 2.23. The van der Waals surface area contributed by atoms with Crippen molar-refractivity contribution in [2.75, 3.05) is 20.1 Å². The quantitative estimate of drug-likeness (QED) is 0.706. The van der Waals surface area contributed by atoms with Crippen molar-refractivity contribution < 1.29 is 4.79 Å². The highest BCUT2D eigenvalue weighted by Crippen LogP contribution is 2.26. The Morgan fingerprint density at radius 3 is 2.73 bits per heavy atom. The number of Topliss-reactive ketones (excluding diaryl/α,β-unsaturated/α-hetero) is 1. The van der Waals surface area contributed by atoms with Crippen molar-refractivity contribution in [2.24, 2.45) is 5.92 Å². The van der Waals surface area contributed by atoms with Gasteiger partial charge in [-0.05, 0) is 52.0 Å². The van der Waals surface area contributed by atoms with E-state index in [-0.39, 0.29) is 5.92 Å². The second kappa shape index (κ2) is 7.17. The van der Waals surface area contributed by atoms with Crippen LogP contribution in [0.4, 0.5) is 0 Å². The van der Waals surface area contributed by atoms with Crippen molar-refractivity contribution in [2.45, 2.75) is 26.2 Å². The second-order valence-corrected chi connectivity index (χ2v) is 8.12. The standard InChI is InChI=1S/C19H21N5OS/c1-12-22-23-19(26-12)15-7-14-8-16(20-11-17(14)21-10-15)9-18(25)13-3-5-24(2)6-4-13/h7-8,10-11,13H,3-6,9H2,1-2H3. The Balaban J connectivity index is 1.55. The van der Waals surface area contributed by atoms with Crippen LogP contribution < -0.4 is 0 Å². The van der Waals surface area contributed by atoms with E-state index in [0.717, 1.165) is 58.1 Å². The number of aryl methyl sites for hydroxylation is 1. The predicted molar refractivity (Wildman–Crippen MR) is 102 cm³/mol. The van der Waals surface area contributed by atoms with Crippen LogP contribution in [0.5, 0.6) is 0 Å². The molecule has 1 fully saturated rings. The summed E-state index contributed by atoms with van der Waals surface area (Å²) >= 11 is 1.55. The number of piperidine rings is 1. The first-order valence-corrected chi connectivity index (χ1v) is 9.66. The van der Waals surface area contributed by atoms with Gasteiger partial charge in [0.15, 0.2) is 0 Å². The summed E-state index contributed by atoms with van der Waals surface area (Å²) in [5, 5.41) is 11.0. The van der Waals surface area contributed by atoms with E-state index in [0.29, 0.717) is 12.2 Å². The molecule has 0 aliphatic carbocycles. The van der Waals surface area contributed by atoms with Crippen LogP contribution in [0.25, 0.3) is 21.5 Å². The molecule has 0 bridgehead atoms. The maximum atomic E-state index is 12.6. The third-order valence-corrected chi connectivity index (χ3v) is 5.81. The number of fused-ring (bicyclic) bond motifs is 1. The minimum atomic E-state index is 0.164. The van der Waals surface area contributed by atoms with Crippen LogP contribution in [0.15, 0.2) is 24.5 Å². The first-order chi connectivity index (χ1) is 12.6. The number of likely N-dealkylation sites (tertiary alicyclic amines) is 1. The zero-order valence-electron chi connectivity index (χ0n) is 15.0. The van der Waals surface area contributed by atoms with Crippen molar-refractivity contribution in [3.05, 3.63) is 35.2 Å². The van der Waals surface area contributed by atoms with E-state index in [9.17, 15) is 4.79 Å². The summed E-state index contributed by atoms with van der Waals surface area (Å²) in [5.74, 6) is 0.464. The van der Waals surface area contributed by atoms with Crippen LogP contribution in [-0.2, 0) is 11.2 Å². The molecule has 7 heteroatoms. The molecule has 1 aliphatic heterocycles. The smallest absolute Gasteiger partial charge is 0.149 e. The van der Waals surface area contributed by atoms with Gasteiger partial charge in [0, 0.05) is 35.2 Å². The number of pyridine rings is 2. The average Bonchev–Trinajstić information content (AvgIpc) is 3.08. The van der Waals surface area contributed by atoms with Crippen LogP contribution in [-0.4, -0.2) is 51.0 Å². The Labute approximate surface area is 156 Å². The summed E-state index contributed by atoms with van der Waals surface area (Å²) in [7, 11) is 2.11. The average molecular weight is 367 g/mol. The molecule has 3 aromatic rings. The van der Waals surface area contributed by atoms with Gasteiger partial charge in [0.2, 0.25) is 0 Å². The fraction of sp³-hybridized carbons (Fsp3) is 0.421. The van der Waals surface area contributed by atoms with Crippen LogP contribution in [0.3, 0.4) is 0 Å². The van der Waals surface area contributed by atoms with Crippen LogP contribution in [0.1, 0.15) is 23.5 Å². The van der Waals surface area contributed by atoms with Crippen molar-refractivity contribution in [1.29, 1.82) is 0 Å². The first kappa shape index (κ1) is 17.2. The molecule has 0 aromatic carbocycles. The Hall–Kier alpha value is -2.25. The fourth-order valence-electron chi connectivity index (χ4n) is 3.36. The molecule has 0 saturated carbocycles. The SMILES string of the molecule is Cc1nnc(-c2cnc3cnc(CC(=O)C4CCN(C)CC4)cc3c2)s1. The summed E-state index contributed by atoms with van der Waals surface area (Å²) in [5.41, 5.74) is 2.58. The highest BCUT2D eigenvalue weighted by atomic mass is 32.1. The maximum Gasteiger partial charge on any atom is 0.149 e. The van der Waals surface area contributed by atoms with Gasteiger partial charge in [-0.3, -0.25) is 14.8 Å². The lowest BCUT2D eigenvalue weighted by Crippen LogP contribution is -2.34. The molecule has 0 atom stereocenters. The van der Waals surface area contributed by atoms with Crippen LogP contribution in [0, 0.1) is 12.8 Å². The maximum absolute atomic E-state index is 12.6. The molecule has 26 heavy (non-hydrogen) atoms. The Morgan fingerprint density at radius 1 is 1.19 bits per heavy atom. The molecule has 3 aromatic heterocycles. The summed E-state index contributed by atoms with van der Waals surface area (Å²) in [4.78, 5) is 23.8. The Kier molecular flexibility index (Phi) is 4.74. The minimum Gasteiger partial charge on any atom is -0.306 e. The van der Waals surface area contributed by atoms with Crippen molar-refractivity contribution in [3.8, 4) is 10.6 Å². The van der Waals surface area contributed by atoms with E-state index in [1.165, 1.54) is 0 Å². The van der Waals surface area contributed by atoms with Gasteiger partial charge in [-0.25, -0.2) is 0 Å². The number of carbonyl (C=O) groups is 1. The van der Waals surface area contributed by atoms with E-state index < -0.39 is 0 Å². The van der Waals surface area contributed by atoms with Crippen LogP contribution >= 0.6 is 11.3 Å². The van der Waals surface area contributed by atoms with Crippen molar-refractivity contribution in [3.63, 3.8) is 0 Å². The number of hydrogen-bond acceptors (Lipinski definition) is 7. The summed E-state index contributed by atoms with van der Waals surface area (Å²) in [6.07, 6.45) is 5.84. The predicted octanol–water partition coefficient (Wildman–Crippen LogP) is 2.91. The van der Waals surface area contributed by atoms with Crippen molar-refractivity contribution in [1.82, 2.24) is 25.1 Å². The zero-order valence-corrected chi connectivity index (χ0v) is 15.8. The molecule has 4 rings (SSSR count). The molecular weight excluding hydrogens is 346 g/mol. The molecule has 1 saturated heterocycles. The number of ketones is 1. The lowest BCUT2D eigenvalue weighted by atomic mass is 9.90. The second-order valence-electron chi connectivity index (χ2n) is 6.94. The van der Waals surface area contributed by atoms with E-state index in [1.54, 1.807) is 23.7 Å². The molecule has 0 N–H and O–H groups in total. The van der Waals surface area contributed by atoms with E-state index in [1.807, 2.05) is 19.1 Å². The van der Waals surface area contributed by atoms with E-state index in [4.69, 9.17) is 0 Å². The molecule has 0 unspecified atom stereocenters.